The van der Waals surface area contributed by atoms with Gasteiger partial charge in [-0.3, -0.25) is 0 Å². The largest absolute Gasteiger partial charge is 0.192 e. The van der Waals surface area contributed by atoms with Gasteiger partial charge in [-0.05, 0) is 49.5 Å². The summed E-state index contributed by atoms with van der Waals surface area (Å²) in [5, 5.41) is 8.75. The van der Waals surface area contributed by atoms with Crippen LogP contribution in [0.1, 0.15) is 37.3 Å². The molecule has 0 aliphatic heterocycles. The molecular weight excluding hydrogens is 194 g/mol. The van der Waals surface area contributed by atoms with E-state index in [0.717, 1.165) is 12.0 Å². The fourth-order valence-electron chi connectivity index (χ4n) is 1.97. The number of benzene rings is 1. The van der Waals surface area contributed by atoms with Crippen molar-refractivity contribution in [3.8, 4) is 6.07 Å². The number of hydrogen-bond donors (Lipinski definition) is 0. The van der Waals surface area contributed by atoms with Gasteiger partial charge in [0, 0.05) is 0 Å². The summed E-state index contributed by atoms with van der Waals surface area (Å²) in [6, 6.07) is 9.96. The Morgan fingerprint density at radius 3 is 2.62 bits per heavy atom. The number of rotatable bonds is 1. The first-order chi connectivity index (χ1) is 7.79. The molecule has 0 aromatic heterocycles. The Kier molecular flexibility index (Phi) is 3.22. The van der Waals surface area contributed by atoms with Gasteiger partial charge in [0.05, 0.1) is 11.6 Å². The van der Waals surface area contributed by atoms with Crippen LogP contribution in [0.15, 0.2) is 42.0 Å². The maximum Gasteiger partial charge on any atom is 0.0991 e. The van der Waals surface area contributed by atoms with Crippen molar-refractivity contribution in [2.24, 2.45) is 0 Å². The minimum Gasteiger partial charge on any atom is -0.192 e. The molecule has 0 fully saturated rings. The van der Waals surface area contributed by atoms with E-state index in [2.05, 4.69) is 25.1 Å². The SMILES string of the molecule is CC1=CC(c2ccc(C#N)cc2)=CCCC1. The van der Waals surface area contributed by atoms with E-state index in [1.54, 1.807) is 0 Å². The molecule has 0 N–H and O–H groups in total. The Hall–Kier alpha value is -1.81. The normalized spacial score (nSPS) is 15.8. The summed E-state index contributed by atoms with van der Waals surface area (Å²) < 4.78 is 0. The summed E-state index contributed by atoms with van der Waals surface area (Å²) in [5.74, 6) is 0. The molecule has 16 heavy (non-hydrogen) atoms. The van der Waals surface area contributed by atoms with E-state index in [9.17, 15) is 0 Å². The highest BCUT2D eigenvalue weighted by molar-refractivity contribution is 5.75. The molecule has 0 amide bonds. The van der Waals surface area contributed by atoms with Gasteiger partial charge in [-0.1, -0.05) is 29.9 Å². The molecule has 0 bridgehead atoms. The van der Waals surface area contributed by atoms with E-state index in [1.165, 1.54) is 29.6 Å². The van der Waals surface area contributed by atoms with E-state index >= 15 is 0 Å². The topological polar surface area (TPSA) is 23.8 Å². The molecule has 1 heteroatoms. The molecule has 0 heterocycles. The minimum atomic E-state index is 0.721. The van der Waals surface area contributed by atoms with E-state index in [4.69, 9.17) is 5.26 Å². The quantitative estimate of drug-likeness (QED) is 0.684. The Morgan fingerprint density at radius 1 is 1.19 bits per heavy atom. The molecular formula is C15H15N. The maximum atomic E-state index is 8.75. The van der Waals surface area contributed by atoms with Gasteiger partial charge in [-0.2, -0.15) is 5.26 Å². The van der Waals surface area contributed by atoms with Crippen LogP contribution in [0, 0.1) is 11.3 Å². The molecule has 0 radical (unpaired) electrons. The van der Waals surface area contributed by atoms with Crippen molar-refractivity contribution >= 4 is 5.57 Å². The first-order valence-electron chi connectivity index (χ1n) is 5.67. The van der Waals surface area contributed by atoms with E-state index in [0.29, 0.717) is 0 Å². The highest BCUT2D eigenvalue weighted by Gasteiger charge is 2.03. The van der Waals surface area contributed by atoms with Gasteiger partial charge < -0.3 is 0 Å². The molecule has 0 saturated heterocycles. The minimum absolute atomic E-state index is 0.721. The summed E-state index contributed by atoms with van der Waals surface area (Å²) in [6.45, 7) is 2.18. The zero-order valence-electron chi connectivity index (χ0n) is 9.53. The van der Waals surface area contributed by atoms with Crippen molar-refractivity contribution in [1.29, 1.82) is 5.26 Å². The second-order valence-corrected chi connectivity index (χ2v) is 4.23. The lowest BCUT2D eigenvalue weighted by atomic mass is 10.0. The van der Waals surface area contributed by atoms with Gasteiger partial charge >= 0.3 is 0 Å². The molecule has 2 rings (SSSR count). The first-order valence-corrected chi connectivity index (χ1v) is 5.67. The molecule has 1 aromatic carbocycles. The Morgan fingerprint density at radius 2 is 1.94 bits per heavy atom. The maximum absolute atomic E-state index is 8.75. The molecule has 1 aliphatic rings. The van der Waals surface area contributed by atoms with Crippen LogP contribution in [-0.4, -0.2) is 0 Å². The highest BCUT2D eigenvalue weighted by Crippen LogP contribution is 2.24. The summed E-state index contributed by atoms with van der Waals surface area (Å²) in [4.78, 5) is 0. The van der Waals surface area contributed by atoms with Gasteiger partial charge in [-0.15, -0.1) is 0 Å². The lowest BCUT2D eigenvalue weighted by Crippen LogP contribution is -1.82. The van der Waals surface area contributed by atoms with Crippen molar-refractivity contribution in [3.63, 3.8) is 0 Å². The van der Waals surface area contributed by atoms with E-state index in [-0.39, 0.29) is 0 Å². The third-order valence-electron chi connectivity index (χ3n) is 2.89. The zero-order chi connectivity index (χ0) is 11.4. The van der Waals surface area contributed by atoms with Crippen molar-refractivity contribution in [3.05, 3.63) is 53.1 Å². The van der Waals surface area contributed by atoms with E-state index < -0.39 is 0 Å². The standard InChI is InChI=1S/C15H15N/c1-12-4-2-3-5-15(10-12)14-8-6-13(11-16)7-9-14/h5-10H,2-4H2,1H3. The highest BCUT2D eigenvalue weighted by atomic mass is 14.2. The van der Waals surface area contributed by atoms with Crippen LogP contribution in [0.4, 0.5) is 0 Å². The molecule has 0 unspecified atom stereocenters. The monoisotopic (exact) mass is 209 g/mol. The lowest BCUT2D eigenvalue weighted by molar-refractivity contribution is 0.841. The van der Waals surface area contributed by atoms with Crippen molar-refractivity contribution in [2.75, 3.05) is 0 Å². The second-order valence-electron chi connectivity index (χ2n) is 4.23. The lowest BCUT2D eigenvalue weighted by Gasteiger charge is -2.02. The molecule has 0 spiro atoms. The summed E-state index contributed by atoms with van der Waals surface area (Å²) in [5.41, 5.74) is 4.66. The van der Waals surface area contributed by atoms with Gasteiger partial charge in [0.15, 0.2) is 0 Å². The third kappa shape index (κ3) is 2.41. The number of nitrogens with zero attached hydrogens (tertiary/aromatic N) is 1. The van der Waals surface area contributed by atoms with Crippen LogP contribution in [0.25, 0.3) is 5.57 Å². The number of allylic oxidation sites excluding steroid dienone is 4. The number of hydrogen-bond acceptors (Lipinski definition) is 1. The van der Waals surface area contributed by atoms with Crippen molar-refractivity contribution in [1.82, 2.24) is 0 Å². The van der Waals surface area contributed by atoms with Gasteiger partial charge in [-0.25, -0.2) is 0 Å². The molecule has 1 aliphatic carbocycles. The Labute approximate surface area is 96.7 Å². The smallest absolute Gasteiger partial charge is 0.0991 e. The molecule has 0 saturated carbocycles. The predicted molar refractivity (Wildman–Crippen MR) is 66.7 cm³/mol. The van der Waals surface area contributed by atoms with Gasteiger partial charge in [0.1, 0.15) is 0 Å². The van der Waals surface area contributed by atoms with Crippen molar-refractivity contribution in [2.45, 2.75) is 26.2 Å². The number of nitriles is 1. The molecule has 1 nitrogen and oxygen atoms in total. The average Bonchev–Trinajstić information content (AvgIpc) is 2.54. The second kappa shape index (κ2) is 4.81. The first kappa shape index (κ1) is 10.7. The van der Waals surface area contributed by atoms with Gasteiger partial charge in [0.25, 0.3) is 0 Å². The molecule has 80 valence electrons. The average molecular weight is 209 g/mol. The van der Waals surface area contributed by atoms with Crippen LogP contribution < -0.4 is 0 Å². The zero-order valence-corrected chi connectivity index (χ0v) is 9.53. The third-order valence-corrected chi connectivity index (χ3v) is 2.89. The van der Waals surface area contributed by atoms with Gasteiger partial charge in [0.2, 0.25) is 0 Å². The van der Waals surface area contributed by atoms with Crippen LogP contribution >= 0.6 is 0 Å². The van der Waals surface area contributed by atoms with E-state index in [1.807, 2.05) is 24.3 Å². The van der Waals surface area contributed by atoms with Crippen LogP contribution in [0.2, 0.25) is 0 Å². The predicted octanol–water partition coefficient (Wildman–Crippen LogP) is 4.07. The summed E-state index contributed by atoms with van der Waals surface area (Å²) in [6.07, 6.45) is 8.12. The van der Waals surface area contributed by atoms with Crippen LogP contribution in [0.5, 0.6) is 0 Å². The molecule has 1 aromatic rings. The Bertz CT molecular complexity index is 469. The Balaban J connectivity index is 2.32. The summed E-state index contributed by atoms with van der Waals surface area (Å²) >= 11 is 0. The molecule has 0 atom stereocenters. The van der Waals surface area contributed by atoms with Crippen LogP contribution in [-0.2, 0) is 0 Å². The van der Waals surface area contributed by atoms with Crippen LogP contribution in [0.3, 0.4) is 0 Å². The summed E-state index contributed by atoms with van der Waals surface area (Å²) in [7, 11) is 0. The fourth-order valence-corrected chi connectivity index (χ4v) is 1.97. The fraction of sp³-hybridized carbons (Fsp3) is 0.267. The van der Waals surface area contributed by atoms with Crippen molar-refractivity contribution < 1.29 is 0 Å².